The number of benzene rings is 2. The first-order valence-corrected chi connectivity index (χ1v) is 10.1. The molecule has 1 aliphatic rings. The summed E-state index contributed by atoms with van der Waals surface area (Å²) < 4.78 is 5.11. The number of anilines is 1. The fraction of sp³-hybridized carbons (Fsp3) is 0.143. The molecule has 1 aromatic heterocycles. The Bertz CT molecular complexity index is 1270. The molecular weight excluding hydrogens is 436 g/mol. The predicted octanol–water partition coefficient (Wildman–Crippen LogP) is 3.39. The smallest absolute Gasteiger partial charge is 0.301 e. The molecule has 162 valence electrons. The van der Waals surface area contributed by atoms with Gasteiger partial charge in [0, 0.05) is 17.7 Å². The topological polar surface area (TPSA) is 136 Å². The van der Waals surface area contributed by atoms with E-state index < -0.39 is 28.4 Å². The van der Waals surface area contributed by atoms with Crippen LogP contribution >= 0.6 is 11.3 Å². The maximum Gasteiger partial charge on any atom is 0.301 e. The number of aromatic nitrogens is 2. The van der Waals surface area contributed by atoms with Gasteiger partial charge >= 0.3 is 5.91 Å². The van der Waals surface area contributed by atoms with Crippen molar-refractivity contribution >= 4 is 39.6 Å². The van der Waals surface area contributed by atoms with Gasteiger partial charge in [0.15, 0.2) is 0 Å². The number of nitrogens with zero attached hydrogens (tertiary/aromatic N) is 4. The third-order valence-corrected chi connectivity index (χ3v) is 5.76. The molecule has 10 nitrogen and oxygen atoms in total. The Balaban J connectivity index is 1.94. The van der Waals surface area contributed by atoms with Crippen molar-refractivity contribution in [1.82, 2.24) is 10.2 Å². The lowest BCUT2D eigenvalue weighted by Gasteiger charge is -2.22. The average molecular weight is 452 g/mol. The fourth-order valence-corrected chi connectivity index (χ4v) is 4.16. The Labute approximate surface area is 185 Å². The van der Waals surface area contributed by atoms with E-state index in [2.05, 4.69) is 10.2 Å². The van der Waals surface area contributed by atoms with Gasteiger partial charge < -0.3 is 9.84 Å². The number of ketones is 1. The number of methoxy groups -OCH3 is 1. The summed E-state index contributed by atoms with van der Waals surface area (Å²) in [4.78, 5) is 37.9. The van der Waals surface area contributed by atoms with Gasteiger partial charge in [-0.1, -0.05) is 23.5 Å². The van der Waals surface area contributed by atoms with Gasteiger partial charge in [0.1, 0.15) is 16.5 Å². The summed E-state index contributed by atoms with van der Waals surface area (Å²) in [6.45, 7) is 1.69. The Hall–Kier alpha value is -4.12. The van der Waals surface area contributed by atoms with Crippen LogP contribution in [-0.2, 0) is 9.59 Å². The molecular formula is C21H16N4O6S. The molecule has 0 spiro atoms. The van der Waals surface area contributed by atoms with Crippen LogP contribution in [0, 0.1) is 17.0 Å². The van der Waals surface area contributed by atoms with Gasteiger partial charge in [0.25, 0.3) is 11.5 Å². The van der Waals surface area contributed by atoms with E-state index in [-0.39, 0.29) is 27.5 Å². The van der Waals surface area contributed by atoms with Crippen LogP contribution in [0.15, 0.2) is 54.1 Å². The predicted molar refractivity (Wildman–Crippen MR) is 116 cm³/mol. The van der Waals surface area contributed by atoms with Crippen molar-refractivity contribution < 1.29 is 24.4 Å². The van der Waals surface area contributed by atoms with Crippen molar-refractivity contribution in [3.05, 3.63) is 80.4 Å². The number of Topliss-reactive ketones (excluding diaryl/α,β-unsaturated/α-hetero) is 1. The third-order valence-electron chi connectivity index (χ3n) is 4.93. The summed E-state index contributed by atoms with van der Waals surface area (Å²) in [5, 5.41) is 30.9. The molecule has 1 aliphatic heterocycles. The number of hydrogen-bond acceptors (Lipinski definition) is 9. The number of carbonyl (C=O) groups is 2. The number of carbonyl (C=O) groups excluding carboxylic acids is 2. The number of aliphatic hydroxyl groups excluding tert-OH is 1. The fourth-order valence-electron chi connectivity index (χ4n) is 3.44. The molecule has 32 heavy (non-hydrogen) atoms. The SMILES string of the molecule is COc1ccc(/C(O)=C2\C(=O)C(=O)N(c3nnc(C)s3)[C@H]2c2cccc([N+](=O)[O-])c2)cc1. The van der Waals surface area contributed by atoms with E-state index in [0.29, 0.717) is 10.8 Å². The number of hydrogen-bond donors (Lipinski definition) is 1. The van der Waals surface area contributed by atoms with Crippen LogP contribution in [0.25, 0.3) is 5.76 Å². The number of nitro groups is 1. The molecule has 4 rings (SSSR count). The quantitative estimate of drug-likeness (QED) is 0.205. The molecule has 0 radical (unpaired) electrons. The second-order valence-electron chi connectivity index (χ2n) is 6.85. The zero-order chi connectivity index (χ0) is 23.0. The van der Waals surface area contributed by atoms with E-state index in [1.54, 1.807) is 37.3 Å². The Morgan fingerprint density at radius 2 is 1.91 bits per heavy atom. The normalized spacial score (nSPS) is 17.6. The van der Waals surface area contributed by atoms with Crippen LogP contribution in [0.5, 0.6) is 5.75 Å². The molecule has 0 unspecified atom stereocenters. The van der Waals surface area contributed by atoms with Gasteiger partial charge in [-0.2, -0.15) is 0 Å². The number of aryl methyl sites for hydroxylation is 1. The van der Waals surface area contributed by atoms with E-state index in [1.165, 1.54) is 25.3 Å². The lowest BCUT2D eigenvalue weighted by atomic mass is 9.95. The minimum atomic E-state index is -1.12. The summed E-state index contributed by atoms with van der Waals surface area (Å²) in [5.74, 6) is -1.71. The van der Waals surface area contributed by atoms with Crippen molar-refractivity contribution in [2.24, 2.45) is 0 Å². The summed E-state index contributed by atoms with van der Waals surface area (Å²) in [5.41, 5.74) is 0.147. The molecule has 2 aromatic carbocycles. The van der Waals surface area contributed by atoms with Crippen molar-refractivity contribution in [2.45, 2.75) is 13.0 Å². The van der Waals surface area contributed by atoms with Gasteiger partial charge in [0.05, 0.1) is 23.6 Å². The number of rotatable bonds is 5. The van der Waals surface area contributed by atoms with Crippen LogP contribution in [0.1, 0.15) is 22.2 Å². The van der Waals surface area contributed by atoms with Crippen molar-refractivity contribution in [1.29, 1.82) is 0 Å². The highest BCUT2D eigenvalue weighted by Gasteiger charge is 2.48. The van der Waals surface area contributed by atoms with Gasteiger partial charge in [-0.3, -0.25) is 24.6 Å². The molecule has 2 heterocycles. The number of aliphatic hydroxyl groups is 1. The van der Waals surface area contributed by atoms with Gasteiger partial charge in [-0.25, -0.2) is 0 Å². The highest BCUT2D eigenvalue weighted by molar-refractivity contribution is 7.15. The van der Waals surface area contributed by atoms with Crippen LogP contribution in [0.3, 0.4) is 0 Å². The van der Waals surface area contributed by atoms with E-state index in [0.717, 1.165) is 16.2 Å². The number of ether oxygens (including phenoxy) is 1. The number of amides is 1. The first-order chi connectivity index (χ1) is 15.3. The van der Waals surface area contributed by atoms with Crippen LogP contribution in [0.2, 0.25) is 0 Å². The monoisotopic (exact) mass is 452 g/mol. The second kappa shape index (κ2) is 8.19. The lowest BCUT2D eigenvalue weighted by Crippen LogP contribution is -2.29. The largest absolute Gasteiger partial charge is 0.507 e. The van der Waals surface area contributed by atoms with Crippen LogP contribution in [-0.4, -0.2) is 39.0 Å². The summed E-state index contributed by atoms with van der Waals surface area (Å²) in [6, 6.07) is 10.7. The first kappa shape index (κ1) is 21.1. The highest BCUT2D eigenvalue weighted by Crippen LogP contribution is 2.43. The molecule has 11 heteroatoms. The van der Waals surface area contributed by atoms with Gasteiger partial charge in [-0.05, 0) is 36.8 Å². The summed E-state index contributed by atoms with van der Waals surface area (Å²) in [6.07, 6.45) is 0. The Morgan fingerprint density at radius 1 is 1.19 bits per heavy atom. The number of nitro benzene ring substituents is 1. The van der Waals surface area contributed by atoms with E-state index in [4.69, 9.17) is 4.74 Å². The Kier molecular flexibility index (Phi) is 5.41. The van der Waals surface area contributed by atoms with Crippen molar-refractivity contribution in [2.75, 3.05) is 12.0 Å². The molecule has 1 N–H and O–H groups in total. The maximum atomic E-state index is 13.0. The summed E-state index contributed by atoms with van der Waals surface area (Å²) in [7, 11) is 1.49. The third kappa shape index (κ3) is 3.58. The standard InChI is InChI=1S/C21H16N4O6S/c1-11-22-23-21(32-11)24-17(13-4-3-5-14(10-13)25(29)30)16(19(27)20(24)28)18(26)12-6-8-15(31-2)9-7-12/h3-10,17,26H,1-2H3/b18-16+/t17-/m0/s1. The minimum Gasteiger partial charge on any atom is -0.507 e. The summed E-state index contributed by atoms with van der Waals surface area (Å²) >= 11 is 1.09. The second-order valence-corrected chi connectivity index (χ2v) is 8.01. The van der Waals surface area contributed by atoms with Crippen LogP contribution in [0.4, 0.5) is 10.8 Å². The molecule has 1 amide bonds. The highest BCUT2D eigenvalue weighted by atomic mass is 32.1. The maximum absolute atomic E-state index is 13.0. The molecule has 0 bridgehead atoms. The van der Waals surface area contributed by atoms with E-state index in [1.807, 2.05) is 0 Å². The van der Waals surface area contributed by atoms with Crippen molar-refractivity contribution in [3.63, 3.8) is 0 Å². The average Bonchev–Trinajstić information content (AvgIpc) is 3.34. The number of non-ortho nitro benzene ring substituents is 1. The van der Waals surface area contributed by atoms with Crippen LogP contribution < -0.4 is 9.64 Å². The van der Waals surface area contributed by atoms with Crippen molar-refractivity contribution in [3.8, 4) is 5.75 Å². The van der Waals surface area contributed by atoms with E-state index in [9.17, 15) is 24.8 Å². The minimum absolute atomic E-state index is 0.148. The Morgan fingerprint density at radius 3 is 2.50 bits per heavy atom. The zero-order valence-electron chi connectivity index (χ0n) is 16.9. The molecule has 0 aliphatic carbocycles. The lowest BCUT2D eigenvalue weighted by molar-refractivity contribution is -0.384. The first-order valence-electron chi connectivity index (χ1n) is 9.31. The van der Waals surface area contributed by atoms with E-state index >= 15 is 0 Å². The molecule has 1 atom stereocenters. The van der Waals surface area contributed by atoms with Gasteiger partial charge in [0.2, 0.25) is 5.13 Å². The molecule has 0 saturated carbocycles. The molecule has 1 fully saturated rings. The zero-order valence-corrected chi connectivity index (χ0v) is 17.7. The molecule has 3 aromatic rings. The van der Waals surface area contributed by atoms with Gasteiger partial charge in [-0.15, -0.1) is 10.2 Å². The molecule has 1 saturated heterocycles.